The molecule has 1 fully saturated rings. The van der Waals surface area contributed by atoms with Crippen molar-refractivity contribution in [2.24, 2.45) is 0 Å². The number of fused-ring (bicyclic) bond motifs is 1. The molecule has 2 N–H and O–H groups in total. The third-order valence-electron chi connectivity index (χ3n) is 5.22. The van der Waals surface area contributed by atoms with Gasteiger partial charge in [0.2, 0.25) is 0 Å². The lowest BCUT2D eigenvalue weighted by atomic mass is 9.92. The number of aryl methyl sites for hydroxylation is 3. The van der Waals surface area contributed by atoms with E-state index in [-0.39, 0.29) is 11.9 Å². The van der Waals surface area contributed by atoms with Crippen molar-refractivity contribution in [3.8, 4) is 11.3 Å². The minimum absolute atomic E-state index is 0.240. The number of aromatic nitrogens is 2. The number of pyridine rings is 1. The molecule has 3 aromatic heterocycles. The number of rotatable bonds is 3. The first kappa shape index (κ1) is 17.7. The van der Waals surface area contributed by atoms with Gasteiger partial charge in [0.15, 0.2) is 0 Å². The van der Waals surface area contributed by atoms with Crippen molar-refractivity contribution < 1.29 is 18.8 Å². The summed E-state index contributed by atoms with van der Waals surface area (Å²) in [6, 6.07) is 3.39. The zero-order valence-electron chi connectivity index (χ0n) is 15.7. The average molecular weight is 369 g/mol. The monoisotopic (exact) mass is 369 g/mol. The second-order valence-corrected chi connectivity index (χ2v) is 7.26. The summed E-state index contributed by atoms with van der Waals surface area (Å²) in [5, 5.41) is 17.7. The molecule has 3 heterocycles. The first-order chi connectivity index (χ1) is 12.9. The van der Waals surface area contributed by atoms with E-state index in [4.69, 9.17) is 8.94 Å². The highest BCUT2D eigenvalue weighted by molar-refractivity contribution is 6.07. The molecule has 1 aliphatic carbocycles. The summed E-state index contributed by atoms with van der Waals surface area (Å²) in [7, 11) is 0. The third kappa shape index (κ3) is 3.23. The predicted molar refractivity (Wildman–Crippen MR) is 99.4 cm³/mol. The smallest absolute Gasteiger partial charge is 0.259 e. The number of carbonyl (C=O) groups is 1. The van der Waals surface area contributed by atoms with Gasteiger partial charge >= 0.3 is 0 Å². The van der Waals surface area contributed by atoms with Crippen molar-refractivity contribution in [3.05, 3.63) is 34.9 Å². The Morgan fingerprint density at radius 2 is 2.00 bits per heavy atom. The number of amides is 1. The molecule has 7 heteroatoms. The Labute approximate surface area is 156 Å². The second-order valence-electron chi connectivity index (χ2n) is 7.26. The zero-order valence-corrected chi connectivity index (χ0v) is 15.7. The van der Waals surface area contributed by atoms with Gasteiger partial charge in [0.25, 0.3) is 11.6 Å². The van der Waals surface area contributed by atoms with E-state index in [9.17, 15) is 9.90 Å². The van der Waals surface area contributed by atoms with Crippen molar-refractivity contribution in [2.45, 2.75) is 58.6 Å². The fourth-order valence-corrected chi connectivity index (χ4v) is 3.82. The van der Waals surface area contributed by atoms with Crippen LogP contribution in [0, 0.1) is 20.8 Å². The summed E-state index contributed by atoms with van der Waals surface area (Å²) < 4.78 is 10.9. The van der Waals surface area contributed by atoms with E-state index < -0.39 is 6.10 Å². The Morgan fingerprint density at radius 3 is 2.70 bits per heavy atom. The molecule has 7 nitrogen and oxygen atoms in total. The lowest BCUT2D eigenvalue weighted by molar-refractivity contribution is 0.0718. The van der Waals surface area contributed by atoms with Gasteiger partial charge in [-0.05, 0) is 45.7 Å². The summed E-state index contributed by atoms with van der Waals surface area (Å²) in [5.74, 6) is 1.25. The Hall–Kier alpha value is -2.67. The van der Waals surface area contributed by atoms with Gasteiger partial charge in [0.1, 0.15) is 11.5 Å². The zero-order chi connectivity index (χ0) is 19.1. The number of hydrogen-bond acceptors (Lipinski definition) is 6. The first-order valence-electron chi connectivity index (χ1n) is 9.27. The van der Waals surface area contributed by atoms with Crippen molar-refractivity contribution in [3.63, 3.8) is 0 Å². The third-order valence-corrected chi connectivity index (χ3v) is 5.22. The van der Waals surface area contributed by atoms with Crippen LogP contribution in [0.1, 0.15) is 53.3 Å². The van der Waals surface area contributed by atoms with E-state index in [0.717, 1.165) is 36.3 Å². The lowest BCUT2D eigenvalue weighted by Gasteiger charge is -2.28. The standard InChI is InChI=1S/C20H23N3O4/c1-10-8-13(12(3)26-10)16-9-14(18-11(2)23-27-20(18)22-16)19(25)21-15-6-4-5-7-17(15)24/h8-9,15,17,24H,4-7H2,1-3H3,(H,21,25)/t15-,17-/m1/s1. The van der Waals surface area contributed by atoms with Gasteiger partial charge in [-0.25, -0.2) is 4.98 Å². The minimum Gasteiger partial charge on any atom is -0.466 e. The normalized spacial score (nSPS) is 20.1. The molecule has 0 bridgehead atoms. The molecule has 0 aromatic carbocycles. The molecule has 0 unspecified atom stereocenters. The van der Waals surface area contributed by atoms with Crippen LogP contribution >= 0.6 is 0 Å². The summed E-state index contributed by atoms with van der Waals surface area (Å²) in [6.07, 6.45) is 2.96. The van der Waals surface area contributed by atoms with Gasteiger partial charge in [-0.3, -0.25) is 4.79 Å². The van der Waals surface area contributed by atoms with Crippen LogP contribution in [0.2, 0.25) is 0 Å². The molecule has 3 aromatic rings. The summed E-state index contributed by atoms with van der Waals surface area (Å²) in [5.41, 5.74) is 2.79. The number of carbonyl (C=O) groups excluding carboxylic acids is 1. The number of nitrogens with one attached hydrogen (secondary N) is 1. The Balaban J connectivity index is 1.77. The fraction of sp³-hybridized carbons (Fsp3) is 0.450. The van der Waals surface area contributed by atoms with Crippen LogP contribution < -0.4 is 5.32 Å². The van der Waals surface area contributed by atoms with Gasteiger partial charge in [-0.2, -0.15) is 0 Å². The van der Waals surface area contributed by atoms with Crippen LogP contribution in [-0.2, 0) is 0 Å². The molecule has 1 aliphatic rings. The topological polar surface area (TPSA) is 101 Å². The SMILES string of the molecule is Cc1cc(-c2cc(C(=O)N[C@@H]3CCCC[C@H]3O)c3c(C)noc3n2)c(C)o1. The maximum atomic E-state index is 13.1. The largest absolute Gasteiger partial charge is 0.466 e. The number of aliphatic hydroxyl groups is 1. The van der Waals surface area contributed by atoms with Crippen LogP contribution in [0.5, 0.6) is 0 Å². The molecule has 1 saturated carbocycles. The van der Waals surface area contributed by atoms with Crippen molar-refractivity contribution >= 4 is 17.0 Å². The maximum Gasteiger partial charge on any atom is 0.259 e. The van der Waals surface area contributed by atoms with Crippen molar-refractivity contribution in [1.29, 1.82) is 0 Å². The Kier molecular flexibility index (Phi) is 4.47. The first-order valence-corrected chi connectivity index (χ1v) is 9.27. The van der Waals surface area contributed by atoms with Crippen LogP contribution in [0.4, 0.5) is 0 Å². The van der Waals surface area contributed by atoms with Gasteiger partial charge < -0.3 is 19.4 Å². The molecule has 0 aliphatic heterocycles. The quantitative estimate of drug-likeness (QED) is 0.733. The van der Waals surface area contributed by atoms with E-state index in [1.807, 2.05) is 19.9 Å². The lowest BCUT2D eigenvalue weighted by Crippen LogP contribution is -2.45. The van der Waals surface area contributed by atoms with Gasteiger partial charge in [-0.15, -0.1) is 0 Å². The van der Waals surface area contributed by atoms with E-state index >= 15 is 0 Å². The average Bonchev–Trinajstić information content (AvgIpc) is 3.18. The summed E-state index contributed by atoms with van der Waals surface area (Å²) in [4.78, 5) is 17.6. The second kappa shape index (κ2) is 6.81. The highest BCUT2D eigenvalue weighted by Gasteiger charge is 2.27. The molecular weight excluding hydrogens is 346 g/mol. The Morgan fingerprint density at radius 1 is 1.22 bits per heavy atom. The highest BCUT2D eigenvalue weighted by atomic mass is 16.5. The predicted octanol–water partition coefficient (Wildman–Crippen LogP) is 3.44. The number of nitrogens with zero attached hydrogens (tertiary/aromatic N) is 2. The van der Waals surface area contributed by atoms with Crippen LogP contribution in [0.15, 0.2) is 21.1 Å². The highest BCUT2D eigenvalue weighted by Crippen LogP contribution is 2.30. The van der Waals surface area contributed by atoms with E-state index in [1.54, 1.807) is 13.0 Å². The number of hydrogen-bond donors (Lipinski definition) is 2. The molecule has 1 amide bonds. The molecule has 0 spiro atoms. The molecule has 0 saturated heterocycles. The molecule has 0 radical (unpaired) electrons. The maximum absolute atomic E-state index is 13.1. The van der Waals surface area contributed by atoms with E-state index in [2.05, 4.69) is 15.5 Å². The van der Waals surface area contributed by atoms with Gasteiger partial charge in [0, 0.05) is 5.56 Å². The van der Waals surface area contributed by atoms with Crippen LogP contribution in [0.3, 0.4) is 0 Å². The summed E-state index contributed by atoms with van der Waals surface area (Å²) in [6.45, 7) is 5.51. The number of aliphatic hydroxyl groups excluding tert-OH is 1. The van der Waals surface area contributed by atoms with Crippen LogP contribution in [0.25, 0.3) is 22.4 Å². The summed E-state index contributed by atoms with van der Waals surface area (Å²) >= 11 is 0. The fourth-order valence-electron chi connectivity index (χ4n) is 3.82. The molecule has 142 valence electrons. The van der Waals surface area contributed by atoms with E-state index in [1.165, 1.54) is 0 Å². The van der Waals surface area contributed by atoms with Gasteiger partial charge in [0.05, 0.1) is 34.5 Å². The van der Waals surface area contributed by atoms with Crippen molar-refractivity contribution in [2.75, 3.05) is 0 Å². The van der Waals surface area contributed by atoms with Crippen LogP contribution in [-0.4, -0.2) is 33.3 Å². The molecule has 27 heavy (non-hydrogen) atoms. The molecular formula is C20H23N3O4. The van der Waals surface area contributed by atoms with E-state index in [0.29, 0.717) is 34.5 Å². The Bertz CT molecular complexity index is 1000. The molecule has 2 atom stereocenters. The minimum atomic E-state index is -0.512. The number of furan rings is 1. The molecule has 4 rings (SSSR count). The van der Waals surface area contributed by atoms with Gasteiger partial charge in [-0.1, -0.05) is 18.0 Å². The van der Waals surface area contributed by atoms with Crippen molar-refractivity contribution in [1.82, 2.24) is 15.5 Å².